The summed E-state index contributed by atoms with van der Waals surface area (Å²) < 4.78 is 1.84. The molecule has 5 heteroatoms. The lowest BCUT2D eigenvalue weighted by Crippen LogP contribution is -2.56. The fourth-order valence-corrected chi connectivity index (χ4v) is 1.68. The van der Waals surface area contributed by atoms with E-state index in [0.717, 1.165) is 32.0 Å². The van der Waals surface area contributed by atoms with Crippen molar-refractivity contribution >= 4 is 0 Å². The molecule has 1 aliphatic rings. The van der Waals surface area contributed by atoms with Crippen molar-refractivity contribution in [2.45, 2.75) is 19.5 Å². The molecule has 0 saturated carbocycles. The maximum Gasteiger partial charge on any atom is 0.140 e. The quantitative estimate of drug-likeness (QED) is 0.710. The third kappa shape index (κ3) is 1.78. The number of aromatic nitrogens is 3. The molecule has 14 heavy (non-hydrogen) atoms. The molecule has 1 aromatic heterocycles. The summed E-state index contributed by atoms with van der Waals surface area (Å²) in [4.78, 5) is 6.67. The standard InChI is InChI=1S/C9H17N5/c1-3-14(8-4-10-5-8)6-9-11-7-12-13(9)2/h7-8,10H,3-6H2,1-2H3. The van der Waals surface area contributed by atoms with Crippen molar-refractivity contribution in [2.24, 2.45) is 7.05 Å². The molecule has 1 aliphatic heterocycles. The van der Waals surface area contributed by atoms with Crippen molar-refractivity contribution in [3.8, 4) is 0 Å². The van der Waals surface area contributed by atoms with Crippen LogP contribution in [-0.2, 0) is 13.6 Å². The highest BCUT2D eigenvalue weighted by atomic mass is 15.3. The molecule has 1 aromatic rings. The van der Waals surface area contributed by atoms with Crippen LogP contribution in [0.2, 0.25) is 0 Å². The highest BCUT2D eigenvalue weighted by Gasteiger charge is 2.24. The lowest BCUT2D eigenvalue weighted by atomic mass is 10.1. The van der Waals surface area contributed by atoms with E-state index in [9.17, 15) is 0 Å². The molecule has 0 bridgehead atoms. The minimum atomic E-state index is 0.677. The van der Waals surface area contributed by atoms with Gasteiger partial charge >= 0.3 is 0 Å². The van der Waals surface area contributed by atoms with Crippen molar-refractivity contribution in [1.82, 2.24) is 25.0 Å². The van der Waals surface area contributed by atoms with Gasteiger partial charge in [0.1, 0.15) is 12.2 Å². The van der Waals surface area contributed by atoms with Gasteiger partial charge in [0.05, 0.1) is 6.54 Å². The van der Waals surface area contributed by atoms with Crippen LogP contribution in [0.25, 0.3) is 0 Å². The molecule has 1 N–H and O–H groups in total. The first-order chi connectivity index (χ1) is 6.81. The van der Waals surface area contributed by atoms with Gasteiger partial charge in [0.25, 0.3) is 0 Å². The Bertz CT molecular complexity index is 291. The van der Waals surface area contributed by atoms with Gasteiger partial charge in [-0.3, -0.25) is 9.58 Å². The number of rotatable bonds is 4. The van der Waals surface area contributed by atoms with Gasteiger partial charge in [0.15, 0.2) is 0 Å². The van der Waals surface area contributed by atoms with Crippen LogP contribution in [0.5, 0.6) is 0 Å². The van der Waals surface area contributed by atoms with E-state index in [1.165, 1.54) is 0 Å². The topological polar surface area (TPSA) is 46.0 Å². The third-order valence-corrected chi connectivity index (χ3v) is 2.83. The predicted octanol–water partition coefficient (Wildman–Crippen LogP) is -0.391. The SMILES string of the molecule is CCN(Cc1ncnn1C)C1CNC1. The molecule has 2 heterocycles. The lowest BCUT2D eigenvalue weighted by molar-refractivity contribution is 0.140. The molecule has 0 aliphatic carbocycles. The second-order valence-corrected chi connectivity index (χ2v) is 3.68. The zero-order valence-corrected chi connectivity index (χ0v) is 8.77. The summed E-state index contributed by atoms with van der Waals surface area (Å²) >= 11 is 0. The van der Waals surface area contributed by atoms with Gasteiger partial charge in [-0.15, -0.1) is 0 Å². The fourth-order valence-electron chi connectivity index (χ4n) is 1.68. The molecule has 1 fully saturated rings. The van der Waals surface area contributed by atoms with Crippen molar-refractivity contribution in [3.05, 3.63) is 12.2 Å². The van der Waals surface area contributed by atoms with Crippen molar-refractivity contribution in [2.75, 3.05) is 19.6 Å². The Kier molecular flexibility index (Phi) is 2.79. The number of hydrogen-bond donors (Lipinski definition) is 1. The summed E-state index contributed by atoms with van der Waals surface area (Å²) in [5.74, 6) is 1.04. The van der Waals surface area contributed by atoms with E-state index in [1.807, 2.05) is 11.7 Å². The van der Waals surface area contributed by atoms with Crippen LogP contribution in [0.4, 0.5) is 0 Å². The molecule has 1 saturated heterocycles. The van der Waals surface area contributed by atoms with Crippen LogP contribution in [-0.4, -0.2) is 45.3 Å². The number of likely N-dealkylation sites (N-methyl/N-ethyl adjacent to an activating group) is 1. The molecule has 78 valence electrons. The van der Waals surface area contributed by atoms with Crippen LogP contribution >= 0.6 is 0 Å². The zero-order valence-electron chi connectivity index (χ0n) is 8.77. The lowest BCUT2D eigenvalue weighted by Gasteiger charge is -2.37. The summed E-state index contributed by atoms with van der Waals surface area (Å²) in [7, 11) is 1.94. The first-order valence-electron chi connectivity index (χ1n) is 5.09. The predicted molar refractivity (Wildman–Crippen MR) is 53.7 cm³/mol. The first-order valence-corrected chi connectivity index (χ1v) is 5.09. The molecule has 0 spiro atoms. The van der Waals surface area contributed by atoms with Crippen LogP contribution in [0.3, 0.4) is 0 Å². The summed E-state index contributed by atoms with van der Waals surface area (Å²) in [5, 5.41) is 7.36. The van der Waals surface area contributed by atoms with Crippen molar-refractivity contribution in [3.63, 3.8) is 0 Å². The monoisotopic (exact) mass is 195 g/mol. The van der Waals surface area contributed by atoms with Gasteiger partial charge in [-0.25, -0.2) is 4.98 Å². The molecule has 0 radical (unpaired) electrons. The van der Waals surface area contributed by atoms with E-state index in [1.54, 1.807) is 6.33 Å². The van der Waals surface area contributed by atoms with E-state index in [-0.39, 0.29) is 0 Å². The van der Waals surface area contributed by atoms with E-state index >= 15 is 0 Å². The minimum absolute atomic E-state index is 0.677. The largest absolute Gasteiger partial charge is 0.314 e. The molecule has 0 amide bonds. The highest BCUT2D eigenvalue weighted by molar-refractivity contribution is 4.89. The second-order valence-electron chi connectivity index (χ2n) is 3.68. The maximum absolute atomic E-state index is 4.23. The number of hydrogen-bond acceptors (Lipinski definition) is 4. The molecule has 0 aromatic carbocycles. The number of nitrogens with zero attached hydrogens (tertiary/aromatic N) is 4. The van der Waals surface area contributed by atoms with Crippen LogP contribution in [0.1, 0.15) is 12.7 Å². The Hall–Kier alpha value is -0.940. The highest BCUT2D eigenvalue weighted by Crippen LogP contribution is 2.08. The maximum atomic E-state index is 4.23. The molecule has 0 atom stereocenters. The Morgan fingerprint density at radius 3 is 2.86 bits per heavy atom. The Labute approximate surface area is 84.1 Å². The normalized spacial score (nSPS) is 17.4. The Morgan fingerprint density at radius 1 is 1.64 bits per heavy atom. The molecular weight excluding hydrogens is 178 g/mol. The zero-order chi connectivity index (χ0) is 9.97. The number of nitrogens with one attached hydrogen (secondary N) is 1. The van der Waals surface area contributed by atoms with Gasteiger partial charge in [0, 0.05) is 26.2 Å². The van der Waals surface area contributed by atoms with E-state index < -0.39 is 0 Å². The third-order valence-electron chi connectivity index (χ3n) is 2.83. The van der Waals surface area contributed by atoms with Gasteiger partial charge in [-0.1, -0.05) is 6.92 Å². The van der Waals surface area contributed by atoms with Crippen molar-refractivity contribution in [1.29, 1.82) is 0 Å². The van der Waals surface area contributed by atoms with Gasteiger partial charge in [-0.05, 0) is 6.54 Å². The minimum Gasteiger partial charge on any atom is -0.314 e. The molecule has 5 nitrogen and oxygen atoms in total. The van der Waals surface area contributed by atoms with E-state index in [0.29, 0.717) is 6.04 Å². The van der Waals surface area contributed by atoms with E-state index in [4.69, 9.17) is 0 Å². The molecular formula is C9H17N5. The van der Waals surface area contributed by atoms with Gasteiger partial charge in [-0.2, -0.15) is 5.10 Å². The average Bonchev–Trinajstić information content (AvgIpc) is 2.47. The van der Waals surface area contributed by atoms with Gasteiger partial charge < -0.3 is 5.32 Å². The van der Waals surface area contributed by atoms with Crippen molar-refractivity contribution < 1.29 is 0 Å². The smallest absolute Gasteiger partial charge is 0.140 e. The Morgan fingerprint density at radius 2 is 2.43 bits per heavy atom. The molecule has 2 rings (SSSR count). The average molecular weight is 195 g/mol. The van der Waals surface area contributed by atoms with Gasteiger partial charge in [0.2, 0.25) is 0 Å². The summed E-state index contributed by atoms with van der Waals surface area (Å²) in [6, 6.07) is 0.677. The summed E-state index contributed by atoms with van der Waals surface area (Å²) in [6.07, 6.45) is 1.61. The second kappa shape index (κ2) is 4.06. The summed E-state index contributed by atoms with van der Waals surface area (Å²) in [5.41, 5.74) is 0. The summed E-state index contributed by atoms with van der Waals surface area (Å²) in [6.45, 7) is 6.37. The Balaban J connectivity index is 1.97. The first kappa shape index (κ1) is 9.61. The van der Waals surface area contributed by atoms with Crippen LogP contribution in [0, 0.1) is 0 Å². The van der Waals surface area contributed by atoms with E-state index in [2.05, 4.69) is 27.2 Å². The fraction of sp³-hybridized carbons (Fsp3) is 0.778. The van der Waals surface area contributed by atoms with Crippen LogP contribution in [0.15, 0.2) is 6.33 Å². The van der Waals surface area contributed by atoms with Crippen LogP contribution < -0.4 is 5.32 Å². The molecule has 0 unspecified atom stereocenters. The number of aryl methyl sites for hydroxylation is 1.